The highest BCUT2D eigenvalue weighted by Crippen LogP contribution is 2.07. The van der Waals surface area contributed by atoms with E-state index in [1.165, 1.54) is 21.3 Å². The van der Waals surface area contributed by atoms with Gasteiger partial charge in [-0.25, -0.2) is 9.59 Å². The summed E-state index contributed by atoms with van der Waals surface area (Å²) in [5.74, 6) is -1.38. The molecule has 5 heteroatoms. The van der Waals surface area contributed by atoms with E-state index < -0.39 is 18.0 Å². The van der Waals surface area contributed by atoms with Crippen molar-refractivity contribution in [3.63, 3.8) is 0 Å². The van der Waals surface area contributed by atoms with E-state index in [0.29, 0.717) is 0 Å². The van der Waals surface area contributed by atoms with Crippen LogP contribution in [0.25, 0.3) is 0 Å². The van der Waals surface area contributed by atoms with Crippen LogP contribution >= 0.6 is 0 Å². The third-order valence-corrected chi connectivity index (χ3v) is 1.42. The largest absolute Gasteiger partial charge is 0.467 e. The number of carbonyl (C=O) groups excluding carboxylic acids is 2. The fourth-order valence-electron chi connectivity index (χ4n) is 0.726. The van der Waals surface area contributed by atoms with Crippen molar-refractivity contribution in [1.82, 2.24) is 0 Å². The summed E-state index contributed by atoms with van der Waals surface area (Å²) in [6, 6.07) is 0. The van der Waals surface area contributed by atoms with E-state index in [2.05, 4.69) is 16.1 Å². The second kappa shape index (κ2) is 5.31. The average molecular weight is 188 g/mol. The van der Waals surface area contributed by atoms with Crippen molar-refractivity contribution in [1.29, 1.82) is 0 Å². The first-order valence-corrected chi connectivity index (χ1v) is 3.46. The van der Waals surface area contributed by atoms with Crippen molar-refractivity contribution in [2.75, 3.05) is 21.3 Å². The first-order valence-electron chi connectivity index (χ1n) is 3.46. The number of ether oxygens (including phenoxy) is 3. The molecule has 0 aromatic rings. The van der Waals surface area contributed by atoms with Gasteiger partial charge in [0.1, 0.15) is 0 Å². The Balaban J connectivity index is 4.49. The SMILES string of the molecule is C=C(C(=O)OC)[C@@H](OC)C(=O)OC. The van der Waals surface area contributed by atoms with Gasteiger partial charge in [-0.05, 0) is 0 Å². The Morgan fingerprint density at radius 1 is 1.15 bits per heavy atom. The first-order chi connectivity index (χ1) is 6.08. The van der Waals surface area contributed by atoms with Crippen molar-refractivity contribution >= 4 is 11.9 Å². The van der Waals surface area contributed by atoms with E-state index >= 15 is 0 Å². The molecule has 0 aliphatic carbocycles. The smallest absolute Gasteiger partial charge is 0.339 e. The summed E-state index contributed by atoms with van der Waals surface area (Å²) in [6.07, 6.45) is -1.10. The van der Waals surface area contributed by atoms with Gasteiger partial charge in [-0.15, -0.1) is 0 Å². The summed E-state index contributed by atoms with van der Waals surface area (Å²) in [7, 11) is 3.66. The molecule has 0 aromatic heterocycles. The molecule has 0 spiro atoms. The van der Waals surface area contributed by atoms with Crippen LogP contribution in [0.2, 0.25) is 0 Å². The molecule has 0 aliphatic heterocycles. The molecule has 1 atom stereocenters. The van der Waals surface area contributed by atoms with E-state index in [-0.39, 0.29) is 5.57 Å². The predicted octanol–water partition coefficient (Wildman–Crippen LogP) is -0.0964. The van der Waals surface area contributed by atoms with Gasteiger partial charge in [-0.3, -0.25) is 0 Å². The molecule has 0 saturated carbocycles. The van der Waals surface area contributed by atoms with E-state index in [4.69, 9.17) is 4.74 Å². The molecular formula is C8H12O5. The summed E-state index contributed by atoms with van der Waals surface area (Å²) in [6.45, 7) is 3.37. The van der Waals surface area contributed by atoms with Crippen molar-refractivity contribution in [2.45, 2.75) is 6.10 Å². The lowest BCUT2D eigenvalue weighted by molar-refractivity contribution is -0.153. The van der Waals surface area contributed by atoms with Crippen molar-refractivity contribution in [2.24, 2.45) is 0 Å². The van der Waals surface area contributed by atoms with Crippen LogP contribution in [0.4, 0.5) is 0 Å². The molecule has 0 unspecified atom stereocenters. The monoisotopic (exact) mass is 188 g/mol. The molecule has 0 aromatic carbocycles. The number of esters is 2. The first kappa shape index (κ1) is 11.6. The van der Waals surface area contributed by atoms with Crippen LogP contribution in [-0.2, 0) is 23.8 Å². The third-order valence-electron chi connectivity index (χ3n) is 1.42. The van der Waals surface area contributed by atoms with Crippen LogP contribution in [-0.4, -0.2) is 39.4 Å². The minimum absolute atomic E-state index is 0.0862. The Labute approximate surface area is 76.3 Å². The van der Waals surface area contributed by atoms with E-state index in [1.807, 2.05) is 0 Å². The van der Waals surface area contributed by atoms with Crippen LogP contribution < -0.4 is 0 Å². The summed E-state index contributed by atoms with van der Waals surface area (Å²) >= 11 is 0. The van der Waals surface area contributed by atoms with Gasteiger partial charge >= 0.3 is 11.9 Å². The second-order valence-corrected chi connectivity index (χ2v) is 2.16. The Morgan fingerprint density at radius 2 is 1.69 bits per heavy atom. The zero-order valence-corrected chi connectivity index (χ0v) is 7.83. The van der Waals surface area contributed by atoms with Crippen LogP contribution in [0.5, 0.6) is 0 Å². The fourth-order valence-corrected chi connectivity index (χ4v) is 0.726. The Kier molecular flexibility index (Phi) is 4.76. The van der Waals surface area contributed by atoms with Crippen LogP contribution in [0.15, 0.2) is 12.2 Å². The van der Waals surface area contributed by atoms with Crippen LogP contribution in [0, 0.1) is 0 Å². The summed E-state index contributed by atoms with van der Waals surface area (Å²) in [5, 5.41) is 0. The molecule has 0 saturated heterocycles. The van der Waals surface area contributed by atoms with Crippen molar-refractivity contribution in [3.05, 3.63) is 12.2 Å². The fraction of sp³-hybridized carbons (Fsp3) is 0.500. The minimum Gasteiger partial charge on any atom is -0.467 e. The Morgan fingerprint density at radius 3 is 2.00 bits per heavy atom. The average Bonchev–Trinajstić information content (AvgIpc) is 2.17. The molecule has 0 N–H and O–H groups in total. The number of hydrogen-bond acceptors (Lipinski definition) is 5. The van der Waals surface area contributed by atoms with Crippen molar-refractivity contribution < 1.29 is 23.8 Å². The molecule has 0 amide bonds. The number of rotatable bonds is 4. The maximum atomic E-state index is 11.0. The summed E-state index contributed by atoms with van der Waals surface area (Å²) in [5.41, 5.74) is -0.0862. The van der Waals surface area contributed by atoms with E-state index in [0.717, 1.165) is 0 Å². The molecular weight excluding hydrogens is 176 g/mol. The maximum Gasteiger partial charge on any atom is 0.339 e. The van der Waals surface area contributed by atoms with Gasteiger partial charge in [0.2, 0.25) is 0 Å². The Bertz CT molecular complexity index is 221. The van der Waals surface area contributed by atoms with Gasteiger partial charge in [0.15, 0.2) is 6.10 Å². The quantitative estimate of drug-likeness (QED) is 0.455. The lowest BCUT2D eigenvalue weighted by Gasteiger charge is -2.13. The molecule has 0 fully saturated rings. The van der Waals surface area contributed by atoms with E-state index in [1.54, 1.807) is 0 Å². The van der Waals surface area contributed by atoms with Gasteiger partial charge in [0.25, 0.3) is 0 Å². The van der Waals surface area contributed by atoms with E-state index in [9.17, 15) is 9.59 Å². The molecule has 0 heterocycles. The van der Waals surface area contributed by atoms with Gasteiger partial charge in [0.05, 0.1) is 19.8 Å². The maximum absolute atomic E-state index is 11.0. The zero-order chi connectivity index (χ0) is 10.4. The topological polar surface area (TPSA) is 61.8 Å². The number of carbonyl (C=O) groups is 2. The lowest BCUT2D eigenvalue weighted by atomic mass is 10.2. The van der Waals surface area contributed by atoms with Gasteiger partial charge in [-0.1, -0.05) is 6.58 Å². The van der Waals surface area contributed by atoms with Crippen LogP contribution in [0.3, 0.4) is 0 Å². The molecule has 0 aliphatic rings. The molecule has 0 radical (unpaired) electrons. The molecule has 5 nitrogen and oxygen atoms in total. The lowest BCUT2D eigenvalue weighted by Crippen LogP contribution is -2.30. The van der Waals surface area contributed by atoms with Crippen molar-refractivity contribution in [3.8, 4) is 0 Å². The molecule has 0 bridgehead atoms. The molecule has 74 valence electrons. The third kappa shape index (κ3) is 2.87. The van der Waals surface area contributed by atoms with Gasteiger partial charge < -0.3 is 14.2 Å². The Hall–Kier alpha value is -1.36. The summed E-state index contributed by atoms with van der Waals surface area (Å²) in [4.78, 5) is 21.9. The predicted molar refractivity (Wildman–Crippen MR) is 44.0 cm³/mol. The minimum atomic E-state index is -1.10. The normalized spacial score (nSPS) is 11.6. The van der Waals surface area contributed by atoms with Gasteiger partial charge in [-0.2, -0.15) is 0 Å². The number of methoxy groups -OCH3 is 3. The molecule has 0 rings (SSSR count). The highest BCUT2D eigenvalue weighted by molar-refractivity contribution is 5.96. The second-order valence-electron chi connectivity index (χ2n) is 2.16. The number of hydrogen-bond donors (Lipinski definition) is 0. The van der Waals surface area contributed by atoms with Crippen LogP contribution in [0.1, 0.15) is 0 Å². The zero-order valence-electron chi connectivity index (χ0n) is 7.83. The standard InChI is InChI=1S/C8H12O5/c1-5(7(9)12-3)6(11-2)8(10)13-4/h6H,1H2,2-4H3/t6-/m1/s1. The van der Waals surface area contributed by atoms with Gasteiger partial charge in [0, 0.05) is 7.11 Å². The highest BCUT2D eigenvalue weighted by Gasteiger charge is 2.27. The molecule has 13 heavy (non-hydrogen) atoms. The highest BCUT2D eigenvalue weighted by atomic mass is 16.6. The summed E-state index contributed by atoms with van der Waals surface area (Å²) < 4.78 is 13.5.